The lowest BCUT2D eigenvalue weighted by atomic mass is 9.87. The van der Waals surface area contributed by atoms with Gasteiger partial charge < -0.3 is 15.4 Å². The number of ether oxygens (including phenoxy) is 1. The molecule has 0 radical (unpaired) electrons. The first-order valence-corrected chi connectivity index (χ1v) is 13.0. The van der Waals surface area contributed by atoms with Gasteiger partial charge in [-0.2, -0.15) is 0 Å². The molecule has 38 heavy (non-hydrogen) atoms. The highest BCUT2D eigenvalue weighted by Crippen LogP contribution is 2.43. The SMILES string of the molecule is O=C(CNC(=O)C1c2ccccc2Oc2ccccc21)NC(Cc1ccccc1)C(=O)Nc1n[nH]c(=S)s1. The summed E-state index contributed by atoms with van der Waals surface area (Å²) < 4.78 is 6.37. The van der Waals surface area contributed by atoms with E-state index < -0.39 is 23.8 Å². The molecule has 2 heterocycles. The van der Waals surface area contributed by atoms with Gasteiger partial charge in [0.05, 0.1) is 12.5 Å². The molecule has 1 unspecified atom stereocenters. The van der Waals surface area contributed by atoms with Gasteiger partial charge in [-0.05, 0) is 29.9 Å². The highest BCUT2D eigenvalue weighted by Gasteiger charge is 2.32. The van der Waals surface area contributed by atoms with E-state index in [4.69, 9.17) is 17.0 Å². The number of amides is 3. The Morgan fingerprint density at radius 1 is 0.947 bits per heavy atom. The number of para-hydroxylation sites is 2. The van der Waals surface area contributed by atoms with Crippen LogP contribution in [0.5, 0.6) is 11.5 Å². The summed E-state index contributed by atoms with van der Waals surface area (Å²) in [7, 11) is 0. The van der Waals surface area contributed by atoms with Gasteiger partial charge in [0, 0.05) is 17.5 Å². The van der Waals surface area contributed by atoms with Crippen molar-refractivity contribution in [2.75, 3.05) is 11.9 Å². The molecule has 1 atom stereocenters. The van der Waals surface area contributed by atoms with Gasteiger partial charge in [-0.15, -0.1) is 5.10 Å². The van der Waals surface area contributed by atoms with E-state index >= 15 is 0 Å². The fraction of sp³-hybridized carbons (Fsp3) is 0.148. The Labute approximate surface area is 227 Å². The number of nitrogens with one attached hydrogen (secondary N) is 4. The van der Waals surface area contributed by atoms with Crippen LogP contribution in [0.25, 0.3) is 0 Å². The fourth-order valence-corrected chi connectivity index (χ4v) is 5.03. The van der Waals surface area contributed by atoms with Gasteiger partial charge in [0.1, 0.15) is 17.5 Å². The lowest BCUT2D eigenvalue weighted by Crippen LogP contribution is -2.49. The largest absolute Gasteiger partial charge is 0.457 e. The van der Waals surface area contributed by atoms with E-state index in [9.17, 15) is 14.4 Å². The molecule has 9 nitrogen and oxygen atoms in total. The Morgan fingerprint density at radius 3 is 2.21 bits per heavy atom. The summed E-state index contributed by atoms with van der Waals surface area (Å²) >= 11 is 6.13. The lowest BCUT2D eigenvalue weighted by molar-refractivity contribution is -0.128. The van der Waals surface area contributed by atoms with Gasteiger partial charge in [-0.25, -0.2) is 0 Å². The molecule has 1 aliphatic rings. The van der Waals surface area contributed by atoms with Crippen LogP contribution in [0.15, 0.2) is 78.9 Å². The van der Waals surface area contributed by atoms with Crippen LogP contribution in [0.1, 0.15) is 22.6 Å². The Morgan fingerprint density at radius 2 is 1.58 bits per heavy atom. The number of carbonyl (C=O) groups is 3. The summed E-state index contributed by atoms with van der Waals surface area (Å²) in [6.45, 7) is -0.305. The molecule has 5 rings (SSSR count). The smallest absolute Gasteiger partial charge is 0.249 e. The zero-order valence-electron chi connectivity index (χ0n) is 20.0. The maximum Gasteiger partial charge on any atom is 0.249 e. The molecule has 0 saturated heterocycles. The predicted molar refractivity (Wildman–Crippen MR) is 146 cm³/mol. The average Bonchev–Trinajstić information content (AvgIpc) is 3.34. The van der Waals surface area contributed by atoms with Crippen molar-refractivity contribution in [3.05, 3.63) is 99.5 Å². The second-order valence-corrected chi connectivity index (χ2v) is 10.2. The highest BCUT2D eigenvalue weighted by molar-refractivity contribution is 7.73. The topological polar surface area (TPSA) is 125 Å². The van der Waals surface area contributed by atoms with Gasteiger partial charge >= 0.3 is 0 Å². The summed E-state index contributed by atoms with van der Waals surface area (Å²) in [5.74, 6) is -0.741. The number of aromatic amines is 1. The van der Waals surface area contributed by atoms with Gasteiger partial charge in [-0.3, -0.25) is 24.8 Å². The molecule has 0 spiro atoms. The van der Waals surface area contributed by atoms with Crippen molar-refractivity contribution in [2.45, 2.75) is 18.4 Å². The molecule has 4 aromatic rings. The maximum absolute atomic E-state index is 13.3. The molecule has 1 aromatic heterocycles. The van der Waals surface area contributed by atoms with E-state index in [1.165, 1.54) is 0 Å². The number of aromatic nitrogens is 2. The molecule has 0 fully saturated rings. The van der Waals surface area contributed by atoms with Gasteiger partial charge in [0.15, 0.2) is 3.95 Å². The predicted octanol–water partition coefficient (Wildman–Crippen LogP) is 3.92. The number of hydrogen-bond acceptors (Lipinski definition) is 7. The molecule has 11 heteroatoms. The Hall–Kier alpha value is -4.35. The van der Waals surface area contributed by atoms with E-state index in [1.54, 1.807) is 12.1 Å². The zero-order chi connectivity index (χ0) is 26.5. The summed E-state index contributed by atoms with van der Waals surface area (Å²) in [6.07, 6.45) is 0.253. The van der Waals surface area contributed by atoms with Crippen LogP contribution < -0.4 is 20.7 Å². The van der Waals surface area contributed by atoms with Crippen molar-refractivity contribution >= 4 is 46.4 Å². The normalized spacial score (nSPS) is 12.8. The van der Waals surface area contributed by atoms with Crippen LogP contribution in [0.3, 0.4) is 0 Å². The second kappa shape index (κ2) is 11.4. The van der Waals surface area contributed by atoms with Crippen LogP contribution >= 0.6 is 23.6 Å². The number of anilines is 1. The van der Waals surface area contributed by atoms with Crippen molar-refractivity contribution in [3.8, 4) is 11.5 Å². The number of rotatable bonds is 8. The minimum atomic E-state index is -0.899. The fourth-order valence-electron chi connectivity index (χ4n) is 4.24. The molecule has 0 aliphatic carbocycles. The summed E-state index contributed by atoms with van der Waals surface area (Å²) in [5, 5.41) is 15.0. The Kier molecular flexibility index (Phi) is 7.57. The van der Waals surface area contributed by atoms with E-state index in [0.29, 0.717) is 31.7 Å². The molecule has 3 aromatic carbocycles. The van der Waals surface area contributed by atoms with Gasteiger partial charge in [-0.1, -0.05) is 78.1 Å². The maximum atomic E-state index is 13.3. The van der Waals surface area contributed by atoms with Crippen LogP contribution in [0.2, 0.25) is 0 Å². The van der Waals surface area contributed by atoms with Crippen molar-refractivity contribution in [2.24, 2.45) is 0 Å². The van der Waals surface area contributed by atoms with Crippen molar-refractivity contribution < 1.29 is 19.1 Å². The molecule has 4 N–H and O–H groups in total. The first-order chi connectivity index (χ1) is 18.5. The summed E-state index contributed by atoms with van der Waals surface area (Å²) in [4.78, 5) is 39.3. The molecular weight excluding hydrogens is 522 g/mol. The van der Waals surface area contributed by atoms with E-state index in [-0.39, 0.29) is 18.9 Å². The Bertz CT molecular complexity index is 1490. The number of H-pyrrole nitrogens is 1. The minimum Gasteiger partial charge on any atom is -0.457 e. The number of fused-ring (bicyclic) bond motifs is 2. The standard InChI is InChI=1S/C27H23N5O4S2/c33-22(29-19(14-16-8-2-1-3-9-16)24(34)30-26-31-32-27(37)38-26)15-28-25(35)23-17-10-4-6-12-20(17)36-21-13-7-5-11-18(21)23/h1-13,19,23H,14-15H2,(H,28,35)(H,29,33)(H,32,37)(H,30,31,34). The van der Waals surface area contributed by atoms with Crippen molar-refractivity contribution in [3.63, 3.8) is 0 Å². The van der Waals surface area contributed by atoms with E-state index in [0.717, 1.165) is 16.9 Å². The highest BCUT2D eigenvalue weighted by atomic mass is 32.1. The third-order valence-corrected chi connectivity index (χ3v) is 6.97. The molecule has 0 bridgehead atoms. The van der Waals surface area contributed by atoms with Crippen LogP contribution in [-0.4, -0.2) is 40.5 Å². The van der Waals surface area contributed by atoms with Crippen LogP contribution in [0, 0.1) is 3.95 Å². The Balaban J connectivity index is 1.28. The minimum absolute atomic E-state index is 0.253. The van der Waals surface area contributed by atoms with E-state index in [1.807, 2.05) is 66.7 Å². The van der Waals surface area contributed by atoms with Crippen molar-refractivity contribution in [1.29, 1.82) is 0 Å². The monoisotopic (exact) mass is 545 g/mol. The first kappa shape index (κ1) is 25.3. The molecular formula is C27H23N5O4S2. The lowest BCUT2D eigenvalue weighted by Gasteiger charge is -2.27. The first-order valence-electron chi connectivity index (χ1n) is 11.8. The van der Waals surface area contributed by atoms with Gasteiger partial charge in [0.25, 0.3) is 0 Å². The molecule has 3 amide bonds. The third-order valence-electron chi connectivity index (χ3n) is 5.97. The van der Waals surface area contributed by atoms with Crippen LogP contribution in [-0.2, 0) is 20.8 Å². The average molecular weight is 546 g/mol. The summed E-state index contributed by atoms with van der Waals surface area (Å²) in [6, 6.07) is 23.1. The molecule has 0 saturated carbocycles. The van der Waals surface area contributed by atoms with Gasteiger partial charge in [0.2, 0.25) is 22.9 Å². The number of carbonyl (C=O) groups excluding carboxylic acids is 3. The summed E-state index contributed by atoms with van der Waals surface area (Å²) in [5.41, 5.74) is 2.29. The number of nitrogens with zero attached hydrogens (tertiary/aromatic N) is 1. The third kappa shape index (κ3) is 5.79. The quantitative estimate of drug-likeness (QED) is 0.249. The zero-order valence-corrected chi connectivity index (χ0v) is 21.6. The second-order valence-electron chi connectivity index (χ2n) is 8.55. The van der Waals surface area contributed by atoms with Crippen LogP contribution in [0.4, 0.5) is 5.13 Å². The molecule has 1 aliphatic heterocycles. The number of benzene rings is 3. The van der Waals surface area contributed by atoms with E-state index in [2.05, 4.69) is 26.1 Å². The van der Waals surface area contributed by atoms with Crippen molar-refractivity contribution in [1.82, 2.24) is 20.8 Å². The molecule has 192 valence electrons. The number of hydrogen-bond donors (Lipinski definition) is 4.